The van der Waals surface area contributed by atoms with Crippen LogP contribution in [0.2, 0.25) is 0 Å². The molecule has 3 saturated carbocycles. The number of hydrogen-bond acceptors (Lipinski definition) is 2. The van der Waals surface area contributed by atoms with Gasteiger partial charge in [0.1, 0.15) is 0 Å². The van der Waals surface area contributed by atoms with Crippen LogP contribution in [0.3, 0.4) is 0 Å². The Morgan fingerprint density at radius 3 is 2.79 bits per heavy atom. The van der Waals surface area contributed by atoms with Crippen molar-refractivity contribution in [2.24, 2.45) is 29.6 Å². The number of rotatable bonds is 2. The molecule has 2 bridgehead atoms. The summed E-state index contributed by atoms with van der Waals surface area (Å²) in [7, 11) is 1.86. The first-order chi connectivity index (χ1) is 6.85. The molecule has 0 spiro atoms. The van der Waals surface area contributed by atoms with E-state index in [-0.39, 0.29) is 0 Å². The third-order valence-corrected chi connectivity index (χ3v) is 5.13. The molecule has 3 fully saturated rings. The molecule has 0 aromatic heterocycles. The second-order valence-electron chi connectivity index (χ2n) is 5.43. The highest BCUT2D eigenvalue weighted by Gasteiger charge is 2.56. The summed E-state index contributed by atoms with van der Waals surface area (Å²) in [5, 5.41) is 9.33. The van der Waals surface area contributed by atoms with E-state index in [0.29, 0.717) is 18.6 Å². The monoisotopic (exact) mass is 196 g/mol. The van der Waals surface area contributed by atoms with Gasteiger partial charge in [-0.25, -0.2) is 0 Å². The number of ether oxygens (including phenoxy) is 1. The Kier molecular flexibility index (Phi) is 2.10. The van der Waals surface area contributed by atoms with Gasteiger partial charge in [0.15, 0.2) is 0 Å². The third-order valence-electron chi connectivity index (χ3n) is 5.13. The average molecular weight is 196 g/mol. The first kappa shape index (κ1) is 9.17. The number of aliphatic hydroxyl groups excluding tert-OH is 1. The quantitative estimate of drug-likeness (QED) is 0.728. The highest BCUT2D eigenvalue weighted by atomic mass is 16.5. The fraction of sp³-hybridized carbons (Fsp3) is 1.00. The van der Waals surface area contributed by atoms with E-state index < -0.39 is 0 Å². The minimum Gasteiger partial charge on any atom is -0.396 e. The van der Waals surface area contributed by atoms with E-state index in [1.54, 1.807) is 0 Å². The Morgan fingerprint density at radius 1 is 1.21 bits per heavy atom. The van der Waals surface area contributed by atoms with Gasteiger partial charge in [-0.15, -0.1) is 0 Å². The van der Waals surface area contributed by atoms with Crippen molar-refractivity contribution < 1.29 is 9.84 Å². The van der Waals surface area contributed by atoms with Crippen LogP contribution >= 0.6 is 0 Å². The van der Waals surface area contributed by atoms with Crippen molar-refractivity contribution >= 4 is 0 Å². The maximum atomic E-state index is 9.33. The minimum atomic E-state index is 0.419. The Labute approximate surface area is 85.6 Å². The van der Waals surface area contributed by atoms with Crippen LogP contribution in [0.1, 0.15) is 25.7 Å². The summed E-state index contributed by atoms with van der Waals surface area (Å²) in [4.78, 5) is 0. The van der Waals surface area contributed by atoms with E-state index >= 15 is 0 Å². The molecule has 3 aliphatic carbocycles. The molecule has 3 rings (SSSR count). The van der Waals surface area contributed by atoms with Gasteiger partial charge in [-0.2, -0.15) is 0 Å². The normalized spacial score (nSPS) is 55.3. The molecule has 6 atom stereocenters. The van der Waals surface area contributed by atoms with E-state index in [1.807, 2.05) is 7.11 Å². The second kappa shape index (κ2) is 3.21. The van der Waals surface area contributed by atoms with Crippen molar-refractivity contribution in [2.45, 2.75) is 31.8 Å². The highest BCUT2D eigenvalue weighted by molar-refractivity contribution is 5.06. The zero-order valence-electron chi connectivity index (χ0n) is 8.86. The second-order valence-corrected chi connectivity index (χ2v) is 5.43. The maximum Gasteiger partial charge on any atom is 0.0605 e. The molecule has 0 amide bonds. The molecule has 6 unspecified atom stereocenters. The molecule has 0 heterocycles. The van der Waals surface area contributed by atoms with Gasteiger partial charge in [-0.05, 0) is 55.3 Å². The summed E-state index contributed by atoms with van der Waals surface area (Å²) in [6, 6.07) is 0. The number of fused-ring (bicyclic) bond motifs is 5. The first-order valence-electron chi connectivity index (χ1n) is 5.98. The summed E-state index contributed by atoms with van der Waals surface area (Å²) in [5.41, 5.74) is 0. The van der Waals surface area contributed by atoms with Crippen molar-refractivity contribution in [3.63, 3.8) is 0 Å². The molecule has 0 saturated heterocycles. The van der Waals surface area contributed by atoms with Crippen LogP contribution in [0.5, 0.6) is 0 Å². The van der Waals surface area contributed by atoms with E-state index in [0.717, 1.165) is 23.7 Å². The van der Waals surface area contributed by atoms with Crippen LogP contribution in [0.4, 0.5) is 0 Å². The van der Waals surface area contributed by atoms with Crippen molar-refractivity contribution in [2.75, 3.05) is 13.7 Å². The van der Waals surface area contributed by atoms with Crippen LogP contribution in [0, 0.1) is 29.6 Å². The molecule has 0 aromatic rings. The predicted octanol–water partition coefficient (Wildman–Crippen LogP) is 1.68. The van der Waals surface area contributed by atoms with E-state index in [1.165, 1.54) is 25.7 Å². The number of aliphatic hydroxyl groups is 1. The molecule has 1 N–H and O–H groups in total. The molecule has 2 nitrogen and oxygen atoms in total. The average Bonchev–Trinajstić information content (AvgIpc) is 2.87. The van der Waals surface area contributed by atoms with Crippen molar-refractivity contribution in [1.29, 1.82) is 0 Å². The van der Waals surface area contributed by atoms with Gasteiger partial charge >= 0.3 is 0 Å². The summed E-state index contributed by atoms with van der Waals surface area (Å²) < 4.78 is 5.56. The summed E-state index contributed by atoms with van der Waals surface area (Å²) in [6.07, 6.45) is 5.79. The van der Waals surface area contributed by atoms with Gasteiger partial charge < -0.3 is 9.84 Å². The summed E-state index contributed by atoms with van der Waals surface area (Å²) in [6.45, 7) is 0.419. The lowest BCUT2D eigenvalue weighted by molar-refractivity contribution is 0.0127. The number of methoxy groups -OCH3 is 1. The molecular weight excluding hydrogens is 176 g/mol. The van der Waals surface area contributed by atoms with Crippen LogP contribution in [0.25, 0.3) is 0 Å². The Morgan fingerprint density at radius 2 is 2.07 bits per heavy atom. The van der Waals surface area contributed by atoms with E-state index in [2.05, 4.69) is 0 Å². The van der Waals surface area contributed by atoms with Crippen molar-refractivity contribution in [3.05, 3.63) is 0 Å². The zero-order valence-corrected chi connectivity index (χ0v) is 8.86. The van der Waals surface area contributed by atoms with Crippen molar-refractivity contribution in [3.8, 4) is 0 Å². The lowest BCUT2D eigenvalue weighted by Gasteiger charge is -2.32. The molecule has 80 valence electrons. The van der Waals surface area contributed by atoms with Crippen LogP contribution in [-0.2, 0) is 4.74 Å². The molecule has 2 heteroatoms. The SMILES string of the molecule is COC1CC2CC1C1CCC(CO)C21. The molecule has 0 aliphatic heterocycles. The van der Waals surface area contributed by atoms with Crippen molar-refractivity contribution in [1.82, 2.24) is 0 Å². The van der Waals surface area contributed by atoms with Gasteiger partial charge in [0.25, 0.3) is 0 Å². The lowest BCUT2D eigenvalue weighted by Crippen LogP contribution is -2.32. The largest absolute Gasteiger partial charge is 0.396 e. The smallest absolute Gasteiger partial charge is 0.0605 e. The van der Waals surface area contributed by atoms with E-state index in [9.17, 15) is 5.11 Å². The number of hydrogen-bond donors (Lipinski definition) is 1. The zero-order chi connectivity index (χ0) is 9.71. The molecule has 3 aliphatic rings. The lowest BCUT2D eigenvalue weighted by atomic mass is 9.77. The Balaban J connectivity index is 1.80. The molecule has 14 heavy (non-hydrogen) atoms. The van der Waals surface area contributed by atoms with E-state index in [4.69, 9.17) is 4.74 Å². The topological polar surface area (TPSA) is 29.5 Å². The van der Waals surface area contributed by atoms with Gasteiger partial charge in [0, 0.05) is 13.7 Å². The van der Waals surface area contributed by atoms with Crippen LogP contribution < -0.4 is 0 Å². The Bertz CT molecular complexity index is 226. The van der Waals surface area contributed by atoms with Gasteiger partial charge in [0.05, 0.1) is 6.10 Å². The van der Waals surface area contributed by atoms with Crippen LogP contribution in [-0.4, -0.2) is 24.9 Å². The molecule has 0 radical (unpaired) electrons. The first-order valence-corrected chi connectivity index (χ1v) is 5.98. The van der Waals surface area contributed by atoms with Crippen LogP contribution in [0.15, 0.2) is 0 Å². The summed E-state index contributed by atoms with van der Waals surface area (Å²) in [5.74, 6) is 4.04. The standard InChI is InChI=1S/C12H20O2/c1-14-11-5-8-4-10(11)9-3-2-7(6-13)12(8)9/h7-13H,2-6H2,1H3. The maximum absolute atomic E-state index is 9.33. The fourth-order valence-corrected chi connectivity index (χ4v) is 4.69. The Hall–Kier alpha value is -0.0800. The molecular formula is C12H20O2. The van der Waals surface area contributed by atoms with Gasteiger partial charge in [0.2, 0.25) is 0 Å². The fourth-order valence-electron chi connectivity index (χ4n) is 4.69. The summed E-state index contributed by atoms with van der Waals surface area (Å²) >= 11 is 0. The predicted molar refractivity (Wildman–Crippen MR) is 53.8 cm³/mol. The highest BCUT2D eigenvalue weighted by Crippen LogP contribution is 2.61. The third kappa shape index (κ3) is 1.04. The molecule has 0 aromatic carbocycles. The van der Waals surface area contributed by atoms with Gasteiger partial charge in [-0.1, -0.05) is 0 Å². The minimum absolute atomic E-state index is 0.419. The van der Waals surface area contributed by atoms with Gasteiger partial charge in [-0.3, -0.25) is 0 Å².